The lowest BCUT2D eigenvalue weighted by Gasteiger charge is -2.24. The fourth-order valence-corrected chi connectivity index (χ4v) is 5.28. The Labute approximate surface area is 269 Å². The van der Waals surface area contributed by atoms with Crippen LogP contribution in [0.3, 0.4) is 0 Å². The Balaban J connectivity index is 0.000000771. The van der Waals surface area contributed by atoms with E-state index in [-0.39, 0.29) is 41.8 Å². The predicted molar refractivity (Wildman–Crippen MR) is 165 cm³/mol. The molecular formula is C32H38F3N5O7. The molecule has 4 rings (SSSR count). The molecule has 15 heteroatoms. The molecule has 0 unspecified atom stereocenters. The summed E-state index contributed by atoms with van der Waals surface area (Å²) in [6, 6.07) is 10.7. The quantitative estimate of drug-likeness (QED) is 0.192. The fourth-order valence-electron chi connectivity index (χ4n) is 5.28. The van der Waals surface area contributed by atoms with Gasteiger partial charge in [-0.1, -0.05) is 50.2 Å². The number of halogens is 3. The first-order valence-corrected chi connectivity index (χ1v) is 15.1. The molecule has 0 aromatic heterocycles. The van der Waals surface area contributed by atoms with Crippen LogP contribution in [-0.2, 0) is 19.2 Å². The number of ketones is 2. The summed E-state index contributed by atoms with van der Waals surface area (Å²) in [7, 11) is 0. The van der Waals surface area contributed by atoms with E-state index in [2.05, 4.69) is 16.0 Å². The van der Waals surface area contributed by atoms with Gasteiger partial charge in [0.05, 0.1) is 18.2 Å². The SMILES string of the molecule is CC(C)C[C@H](N)C(=O)NCC(=O)N1CCC[C@@H]1C(=O)NCCCNc1cccc2c1C(=O)c1ccccc1C2=O.O=C(O)C(F)(F)F. The standard InChI is InChI=1S/C30H37N5O5.C2HF3O2/c1-18(2)16-22(31)29(39)34-17-25(36)35-15-6-12-24(35)30(40)33-14-7-13-32-23-11-5-10-21-26(23)28(38)20-9-4-3-8-19(20)27(21)37;3-2(4,5)1(6)7/h3-5,8-11,18,22,24,32H,6-7,12-17,31H2,1-2H3,(H,33,40)(H,34,39);(H,6,7)/t22-,24+;/m0./s1. The van der Waals surface area contributed by atoms with Crippen molar-refractivity contribution in [1.29, 1.82) is 0 Å². The van der Waals surface area contributed by atoms with Crippen LogP contribution < -0.4 is 21.7 Å². The number of carboxylic acid groups (broad SMARTS) is 1. The van der Waals surface area contributed by atoms with E-state index >= 15 is 0 Å². The van der Waals surface area contributed by atoms with E-state index in [4.69, 9.17) is 15.6 Å². The van der Waals surface area contributed by atoms with Crippen LogP contribution >= 0.6 is 0 Å². The van der Waals surface area contributed by atoms with Crippen molar-refractivity contribution >= 4 is 40.9 Å². The number of likely N-dealkylation sites (tertiary alicyclic amines) is 1. The van der Waals surface area contributed by atoms with Crippen LogP contribution in [-0.4, -0.2) is 89.7 Å². The first kappa shape index (κ1) is 36.7. The highest BCUT2D eigenvalue weighted by Gasteiger charge is 2.38. The van der Waals surface area contributed by atoms with Crippen LogP contribution in [0.4, 0.5) is 18.9 Å². The van der Waals surface area contributed by atoms with Crippen LogP contribution in [0.15, 0.2) is 42.5 Å². The van der Waals surface area contributed by atoms with E-state index in [0.717, 1.165) is 0 Å². The number of amides is 3. The number of fused-ring (bicyclic) bond motifs is 2. The van der Waals surface area contributed by atoms with Crippen LogP contribution in [0.25, 0.3) is 0 Å². The van der Waals surface area contributed by atoms with Gasteiger partial charge in [0.2, 0.25) is 17.7 Å². The molecule has 0 saturated carbocycles. The third-order valence-corrected chi connectivity index (χ3v) is 7.51. The van der Waals surface area contributed by atoms with Gasteiger partial charge in [0.1, 0.15) is 6.04 Å². The number of rotatable bonds is 11. The number of carbonyl (C=O) groups is 6. The first-order chi connectivity index (χ1) is 22.1. The largest absolute Gasteiger partial charge is 0.490 e. The molecule has 0 spiro atoms. The molecular weight excluding hydrogens is 623 g/mol. The number of nitrogens with zero attached hydrogens (tertiary/aromatic N) is 1. The average molecular weight is 662 g/mol. The summed E-state index contributed by atoms with van der Waals surface area (Å²) >= 11 is 0. The molecule has 47 heavy (non-hydrogen) atoms. The summed E-state index contributed by atoms with van der Waals surface area (Å²) in [4.78, 5) is 74.2. The monoisotopic (exact) mass is 661 g/mol. The van der Waals surface area contributed by atoms with Gasteiger partial charge in [-0.15, -0.1) is 0 Å². The maximum atomic E-state index is 13.1. The number of hydrogen-bond donors (Lipinski definition) is 5. The normalized spacial score (nSPS) is 16.0. The lowest BCUT2D eigenvalue weighted by atomic mass is 9.83. The van der Waals surface area contributed by atoms with E-state index in [0.29, 0.717) is 73.3 Å². The molecule has 0 radical (unpaired) electrons. The number of nitrogens with two attached hydrogens (primary N) is 1. The molecule has 1 aliphatic carbocycles. The van der Waals surface area contributed by atoms with E-state index in [9.17, 15) is 37.1 Å². The van der Waals surface area contributed by atoms with Gasteiger partial charge in [-0.05, 0) is 37.7 Å². The number of anilines is 1. The molecule has 12 nitrogen and oxygen atoms in total. The van der Waals surface area contributed by atoms with E-state index < -0.39 is 24.2 Å². The maximum absolute atomic E-state index is 13.1. The topological polar surface area (TPSA) is 188 Å². The number of hydrogen-bond acceptors (Lipinski definition) is 8. The Morgan fingerprint density at radius 2 is 1.57 bits per heavy atom. The summed E-state index contributed by atoms with van der Waals surface area (Å²) < 4.78 is 31.7. The lowest BCUT2D eigenvalue weighted by molar-refractivity contribution is -0.192. The molecule has 2 aromatic rings. The Bertz CT molecular complexity index is 1510. The van der Waals surface area contributed by atoms with Crippen molar-refractivity contribution in [3.8, 4) is 0 Å². The first-order valence-electron chi connectivity index (χ1n) is 15.1. The summed E-state index contributed by atoms with van der Waals surface area (Å²) in [6.45, 7) is 5.05. The van der Waals surface area contributed by atoms with Gasteiger partial charge in [-0.3, -0.25) is 24.0 Å². The third kappa shape index (κ3) is 9.61. The molecule has 2 aliphatic rings. The number of aliphatic carboxylic acids is 1. The summed E-state index contributed by atoms with van der Waals surface area (Å²) in [5.41, 5.74) is 8.02. The smallest absolute Gasteiger partial charge is 0.475 e. The second-order valence-corrected chi connectivity index (χ2v) is 11.5. The summed E-state index contributed by atoms with van der Waals surface area (Å²) in [5, 5.41) is 15.8. The molecule has 3 amide bonds. The average Bonchev–Trinajstić information content (AvgIpc) is 3.52. The van der Waals surface area contributed by atoms with Crippen molar-refractivity contribution in [3.63, 3.8) is 0 Å². The zero-order chi connectivity index (χ0) is 34.9. The Kier molecular flexibility index (Phi) is 12.6. The molecule has 1 fully saturated rings. The van der Waals surface area contributed by atoms with Crippen LogP contribution in [0.2, 0.25) is 0 Å². The van der Waals surface area contributed by atoms with Gasteiger partial charge >= 0.3 is 12.1 Å². The zero-order valence-electron chi connectivity index (χ0n) is 26.0. The Morgan fingerprint density at radius 3 is 2.19 bits per heavy atom. The van der Waals surface area contributed by atoms with Crippen molar-refractivity contribution in [3.05, 3.63) is 64.7 Å². The second-order valence-electron chi connectivity index (χ2n) is 11.5. The van der Waals surface area contributed by atoms with Crippen molar-refractivity contribution in [1.82, 2.24) is 15.5 Å². The summed E-state index contributed by atoms with van der Waals surface area (Å²) in [5.74, 6) is -3.76. The number of benzene rings is 2. The van der Waals surface area contributed by atoms with Crippen LogP contribution in [0.1, 0.15) is 71.4 Å². The van der Waals surface area contributed by atoms with Crippen molar-refractivity contribution in [2.75, 3.05) is 31.5 Å². The Hall–Kier alpha value is -4.79. The minimum Gasteiger partial charge on any atom is -0.475 e. The Morgan fingerprint density at radius 1 is 0.957 bits per heavy atom. The second kappa shape index (κ2) is 16.2. The third-order valence-electron chi connectivity index (χ3n) is 7.51. The van der Waals surface area contributed by atoms with Gasteiger partial charge < -0.3 is 31.7 Å². The van der Waals surface area contributed by atoms with Gasteiger partial charge in [-0.2, -0.15) is 13.2 Å². The van der Waals surface area contributed by atoms with Crippen molar-refractivity contribution < 1.29 is 47.0 Å². The minimum absolute atomic E-state index is 0.172. The number of carboxylic acids is 1. The van der Waals surface area contributed by atoms with E-state index in [1.165, 1.54) is 4.90 Å². The molecule has 2 aromatic carbocycles. The fraction of sp³-hybridized carbons (Fsp3) is 0.438. The highest BCUT2D eigenvalue weighted by molar-refractivity contribution is 6.30. The van der Waals surface area contributed by atoms with Gasteiger partial charge in [0.15, 0.2) is 11.6 Å². The molecule has 6 N–H and O–H groups in total. The van der Waals surface area contributed by atoms with Crippen molar-refractivity contribution in [2.24, 2.45) is 11.7 Å². The zero-order valence-corrected chi connectivity index (χ0v) is 26.0. The van der Waals surface area contributed by atoms with Crippen LogP contribution in [0.5, 0.6) is 0 Å². The molecule has 1 saturated heterocycles. The molecule has 2 atom stereocenters. The molecule has 0 bridgehead atoms. The van der Waals surface area contributed by atoms with Crippen molar-refractivity contribution in [2.45, 2.75) is 57.8 Å². The van der Waals surface area contributed by atoms with Gasteiger partial charge in [0.25, 0.3) is 0 Å². The predicted octanol–water partition coefficient (Wildman–Crippen LogP) is 2.49. The minimum atomic E-state index is -5.08. The number of alkyl halides is 3. The van der Waals surface area contributed by atoms with Crippen LogP contribution in [0, 0.1) is 5.92 Å². The number of carbonyl (C=O) groups excluding carboxylic acids is 5. The van der Waals surface area contributed by atoms with Gasteiger partial charge in [-0.25, -0.2) is 4.79 Å². The highest BCUT2D eigenvalue weighted by Crippen LogP contribution is 2.31. The molecule has 1 heterocycles. The van der Waals surface area contributed by atoms with Gasteiger partial charge in [0, 0.05) is 42.0 Å². The number of nitrogens with one attached hydrogen (secondary N) is 3. The maximum Gasteiger partial charge on any atom is 0.490 e. The highest BCUT2D eigenvalue weighted by atomic mass is 19.4. The van der Waals surface area contributed by atoms with E-state index in [1.54, 1.807) is 42.5 Å². The molecule has 1 aliphatic heterocycles. The summed E-state index contributed by atoms with van der Waals surface area (Å²) in [6.07, 6.45) is -2.72. The van der Waals surface area contributed by atoms with E-state index in [1.807, 2.05) is 13.8 Å². The molecule has 254 valence electrons. The lowest BCUT2D eigenvalue weighted by Crippen LogP contribution is -2.50.